The van der Waals surface area contributed by atoms with E-state index < -0.39 is 19.4 Å². The number of hydrogen-bond acceptors (Lipinski definition) is 4. The maximum atomic E-state index is 11.1. The van der Waals surface area contributed by atoms with Crippen molar-refractivity contribution in [2.75, 3.05) is 13.5 Å². The van der Waals surface area contributed by atoms with E-state index in [1.54, 1.807) is 0 Å². The molecule has 6 heteroatoms. The van der Waals surface area contributed by atoms with Crippen LogP contribution in [0.25, 0.3) is 0 Å². The van der Waals surface area contributed by atoms with Crippen molar-refractivity contribution in [2.45, 2.75) is 25.7 Å². The second kappa shape index (κ2) is 7.28. The lowest BCUT2D eigenvalue weighted by molar-refractivity contribution is -0.140. The molecule has 0 spiro atoms. The van der Waals surface area contributed by atoms with Crippen LogP contribution in [0, 0.1) is 0 Å². The van der Waals surface area contributed by atoms with Gasteiger partial charge in [-0.05, 0) is 12.8 Å². The van der Waals surface area contributed by atoms with Crippen LogP contribution in [0.5, 0.6) is 0 Å². The monoisotopic (exact) mass is 205 g/mol. The van der Waals surface area contributed by atoms with Gasteiger partial charge in [0.25, 0.3) is 0 Å². The van der Waals surface area contributed by atoms with Crippen LogP contribution in [0.2, 0.25) is 0 Å². The summed E-state index contributed by atoms with van der Waals surface area (Å²) in [5, 5.41) is 25.5. The van der Waals surface area contributed by atoms with Crippen molar-refractivity contribution in [3.63, 3.8) is 0 Å². The highest BCUT2D eigenvalue weighted by atomic mass is 16.4. The van der Waals surface area contributed by atoms with E-state index >= 15 is 0 Å². The lowest BCUT2D eigenvalue weighted by Gasteiger charge is -2.15. The minimum Gasteiger partial charge on any atom is -0.481 e. The molecule has 0 aromatic carbocycles. The maximum absolute atomic E-state index is 11.1. The van der Waals surface area contributed by atoms with Crippen LogP contribution in [0.15, 0.2) is 0 Å². The summed E-state index contributed by atoms with van der Waals surface area (Å²) >= 11 is 0. The topological polar surface area (TPSA) is 98.1 Å². The van der Waals surface area contributed by atoms with Crippen molar-refractivity contribution >= 4 is 11.9 Å². The fourth-order valence-corrected chi connectivity index (χ4v) is 0.913. The Morgan fingerprint density at radius 2 is 1.50 bits per heavy atom. The third kappa shape index (κ3) is 5.50. The molecule has 0 atom stereocenters. The average molecular weight is 205 g/mol. The van der Waals surface area contributed by atoms with E-state index in [2.05, 4.69) is 0 Å². The number of rotatable bonds is 7. The number of carbonyl (C=O) groups is 2. The molecule has 0 fully saturated rings. The van der Waals surface area contributed by atoms with E-state index in [9.17, 15) is 9.59 Å². The number of unbranched alkanes of at least 4 members (excludes halogenated alkanes) is 1. The molecular weight excluding hydrogens is 190 g/mol. The highest BCUT2D eigenvalue weighted by molar-refractivity contribution is 5.75. The van der Waals surface area contributed by atoms with Crippen molar-refractivity contribution in [1.82, 2.24) is 4.90 Å². The molecule has 82 valence electrons. The Hall–Kier alpha value is -1.14. The van der Waals surface area contributed by atoms with Crippen LogP contribution in [0.1, 0.15) is 25.7 Å². The quantitative estimate of drug-likeness (QED) is 0.379. The van der Waals surface area contributed by atoms with Gasteiger partial charge < -0.3 is 15.3 Å². The summed E-state index contributed by atoms with van der Waals surface area (Å²) in [6, 6.07) is 0. The first-order valence-corrected chi connectivity index (χ1v) is 4.33. The summed E-state index contributed by atoms with van der Waals surface area (Å²) in [5.41, 5.74) is 0. The number of nitrogens with zero attached hydrogens (tertiary/aromatic N) is 1. The Kier molecular flexibility index (Phi) is 6.69. The van der Waals surface area contributed by atoms with Gasteiger partial charge in [-0.1, -0.05) is 0 Å². The number of aliphatic hydroxyl groups excluding tert-OH is 2. The predicted molar refractivity (Wildman–Crippen MR) is 47.1 cm³/mol. The fourth-order valence-electron chi connectivity index (χ4n) is 0.913. The first-order valence-electron chi connectivity index (χ1n) is 4.33. The average Bonchev–Trinajstić information content (AvgIpc) is 2.14. The molecule has 0 saturated carbocycles. The zero-order valence-corrected chi connectivity index (χ0v) is 7.85. The number of amides is 1. The standard InChI is InChI=1S/C8H15NO5/c10-5-9(6-11)7(12)3-1-2-4-8(13)14/h10-11H,1-6H2,(H,13,14). The summed E-state index contributed by atoms with van der Waals surface area (Å²) in [6.07, 6.45) is 1.05. The van der Waals surface area contributed by atoms with Crippen LogP contribution < -0.4 is 0 Å². The SMILES string of the molecule is O=C(O)CCCCC(=O)N(CO)CO. The zero-order chi connectivity index (χ0) is 11.0. The highest BCUT2D eigenvalue weighted by Crippen LogP contribution is 2.02. The highest BCUT2D eigenvalue weighted by Gasteiger charge is 2.10. The Morgan fingerprint density at radius 3 is 1.93 bits per heavy atom. The van der Waals surface area contributed by atoms with E-state index in [4.69, 9.17) is 15.3 Å². The first kappa shape index (κ1) is 12.9. The second-order valence-corrected chi connectivity index (χ2v) is 2.82. The Labute approximate surface area is 81.8 Å². The van der Waals surface area contributed by atoms with E-state index in [1.165, 1.54) is 0 Å². The number of carboxylic acid groups (broad SMARTS) is 1. The fraction of sp³-hybridized carbons (Fsp3) is 0.750. The van der Waals surface area contributed by atoms with Crippen LogP contribution in [-0.4, -0.2) is 45.6 Å². The van der Waals surface area contributed by atoms with Gasteiger partial charge in [-0.25, -0.2) is 0 Å². The summed E-state index contributed by atoms with van der Waals surface area (Å²) in [6.45, 7) is -1.04. The molecular formula is C8H15NO5. The minimum absolute atomic E-state index is 0.0333. The van der Waals surface area contributed by atoms with Gasteiger partial charge >= 0.3 is 5.97 Å². The molecule has 0 aromatic rings. The Bertz CT molecular complexity index is 190. The van der Waals surface area contributed by atoms with E-state index in [1.807, 2.05) is 0 Å². The number of aliphatic hydroxyl groups is 2. The smallest absolute Gasteiger partial charge is 0.303 e. The third-order valence-electron chi connectivity index (χ3n) is 1.73. The lowest BCUT2D eigenvalue weighted by Crippen LogP contribution is -2.32. The molecule has 0 rings (SSSR count). The van der Waals surface area contributed by atoms with Crippen LogP contribution in [-0.2, 0) is 9.59 Å². The number of aliphatic carboxylic acids is 1. The van der Waals surface area contributed by atoms with E-state index in [0.29, 0.717) is 12.8 Å². The van der Waals surface area contributed by atoms with Crippen molar-refractivity contribution in [2.24, 2.45) is 0 Å². The molecule has 0 saturated heterocycles. The summed E-state index contributed by atoms with van der Waals surface area (Å²) in [5.74, 6) is -1.26. The minimum atomic E-state index is -0.890. The van der Waals surface area contributed by atoms with Crippen molar-refractivity contribution in [1.29, 1.82) is 0 Å². The summed E-state index contributed by atoms with van der Waals surface area (Å²) in [4.78, 5) is 22.1. The molecule has 0 radical (unpaired) electrons. The van der Waals surface area contributed by atoms with Crippen LogP contribution >= 0.6 is 0 Å². The second-order valence-electron chi connectivity index (χ2n) is 2.82. The molecule has 0 aliphatic heterocycles. The van der Waals surface area contributed by atoms with Gasteiger partial charge in [-0.15, -0.1) is 0 Å². The third-order valence-corrected chi connectivity index (χ3v) is 1.73. The number of carbonyl (C=O) groups excluding carboxylic acids is 1. The van der Waals surface area contributed by atoms with Gasteiger partial charge in [0.05, 0.1) is 0 Å². The van der Waals surface area contributed by atoms with Gasteiger partial charge in [-0.3, -0.25) is 14.5 Å². The maximum Gasteiger partial charge on any atom is 0.303 e. The van der Waals surface area contributed by atoms with Crippen molar-refractivity contribution in [3.05, 3.63) is 0 Å². The van der Waals surface area contributed by atoms with Crippen molar-refractivity contribution in [3.8, 4) is 0 Å². The molecule has 0 aliphatic rings. The van der Waals surface area contributed by atoms with Crippen LogP contribution in [0.3, 0.4) is 0 Å². The molecule has 0 aromatic heterocycles. The molecule has 0 heterocycles. The van der Waals surface area contributed by atoms with Crippen LogP contribution in [0.4, 0.5) is 0 Å². The molecule has 14 heavy (non-hydrogen) atoms. The predicted octanol–water partition coefficient (Wildman–Crippen LogP) is -0.640. The molecule has 3 N–H and O–H groups in total. The van der Waals surface area contributed by atoms with Gasteiger partial charge in [0.2, 0.25) is 5.91 Å². The molecule has 1 amide bonds. The van der Waals surface area contributed by atoms with Gasteiger partial charge in [0.1, 0.15) is 13.5 Å². The van der Waals surface area contributed by atoms with E-state index in [-0.39, 0.29) is 18.7 Å². The van der Waals surface area contributed by atoms with Gasteiger partial charge in [0, 0.05) is 12.8 Å². The normalized spacial score (nSPS) is 9.86. The Balaban J connectivity index is 3.57. The summed E-state index contributed by atoms with van der Waals surface area (Å²) < 4.78 is 0. The first-order chi connectivity index (χ1) is 6.61. The van der Waals surface area contributed by atoms with E-state index in [0.717, 1.165) is 4.90 Å². The molecule has 0 aliphatic carbocycles. The molecule has 0 bridgehead atoms. The van der Waals surface area contributed by atoms with Crippen molar-refractivity contribution < 1.29 is 24.9 Å². The summed E-state index contributed by atoms with van der Waals surface area (Å²) in [7, 11) is 0. The molecule has 0 unspecified atom stereocenters. The largest absolute Gasteiger partial charge is 0.481 e. The van der Waals surface area contributed by atoms with Gasteiger partial charge in [0.15, 0.2) is 0 Å². The number of hydrogen-bond donors (Lipinski definition) is 3. The molecule has 6 nitrogen and oxygen atoms in total. The lowest BCUT2D eigenvalue weighted by atomic mass is 10.2. The Morgan fingerprint density at radius 1 is 1.00 bits per heavy atom. The number of carboxylic acids is 1. The van der Waals surface area contributed by atoms with Gasteiger partial charge in [-0.2, -0.15) is 0 Å². The zero-order valence-electron chi connectivity index (χ0n) is 7.85.